The summed E-state index contributed by atoms with van der Waals surface area (Å²) in [7, 11) is 0. The molecule has 0 unspecified atom stereocenters. The minimum atomic E-state index is -0.0837. The zero-order valence-corrected chi connectivity index (χ0v) is 5.74. The highest BCUT2D eigenvalue weighted by molar-refractivity contribution is 6.30. The van der Waals surface area contributed by atoms with Crippen LogP contribution in [-0.2, 0) is 6.61 Å². The molecule has 50 valence electrons. The van der Waals surface area contributed by atoms with Gasteiger partial charge in [0.1, 0.15) is 5.82 Å². The molecule has 0 aliphatic carbocycles. The zero-order chi connectivity index (χ0) is 6.85. The van der Waals surface area contributed by atoms with Gasteiger partial charge >= 0.3 is 0 Å². The molecule has 1 rings (SSSR count). The molecule has 0 bridgehead atoms. The van der Waals surface area contributed by atoms with Gasteiger partial charge in [0, 0.05) is 0 Å². The van der Waals surface area contributed by atoms with Crippen molar-refractivity contribution >= 4 is 11.6 Å². The fraction of sp³-hybridized carbons (Fsp3) is 0.400. The molecule has 0 radical (unpaired) electrons. The van der Waals surface area contributed by atoms with E-state index in [1.54, 1.807) is 6.92 Å². The van der Waals surface area contributed by atoms with Crippen LogP contribution >= 0.6 is 11.6 Å². The number of aliphatic hydroxyl groups is 1. The van der Waals surface area contributed by atoms with E-state index in [-0.39, 0.29) is 6.61 Å². The quantitative estimate of drug-likeness (QED) is 0.618. The number of aryl methyl sites for hydroxylation is 1. The first kappa shape index (κ1) is 6.58. The number of imidazole rings is 1. The Morgan fingerprint density at radius 3 is 2.67 bits per heavy atom. The summed E-state index contributed by atoms with van der Waals surface area (Å²) in [6.45, 7) is 1.70. The second-order valence-corrected chi connectivity index (χ2v) is 2.11. The van der Waals surface area contributed by atoms with Crippen LogP contribution in [0, 0.1) is 6.92 Å². The van der Waals surface area contributed by atoms with Gasteiger partial charge in [-0.05, 0) is 6.92 Å². The fourth-order valence-corrected chi connectivity index (χ4v) is 0.851. The number of aliphatic hydroxyl groups excluding tert-OH is 1. The van der Waals surface area contributed by atoms with E-state index in [1.165, 1.54) is 0 Å². The van der Waals surface area contributed by atoms with E-state index in [1.807, 2.05) is 0 Å². The number of H-pyrrole nitrogens is 1. The van der Waals surface area contributed by atoms with Gasteiger partial charge in [-0.1, -0.05) is 11.6 Å². The Morgan fingerprint density at radius 2 is 2.44 bits per heavy atom. The number of rotatable bonds is 1. The molecule has 0 saturated heterocycles. The number of halogens is 1. The highest BCUT2D eigenvalue weighted by Crippen LogP contribution is 2.10. The van der Waals surface area contributed by atoms with Crippen LogP contribution in [0.5, 0.6) is 0 Å². The van der Waals surface area contributed by atoms with E-state index in [2.05, 4.69) is 9.97 Å². The summed E-state index contributed by atoms with van der Waals surface area (Å²) < 4.78 is 0. The Labute approximate surface area is 57.7 Å². The second-order valence-electron chi connectivity index (χ2n) is 1.75. The number of nitrogens with zero attached hydrogens (tertiary/aromatic N) is 1. The Morgan fingerprint density at radius 1 is 1.78 bits per heavy atom. The monoisotopic (exact) mass is 146 g/mol. The van der Waals surface area contributed by atoms with Gasteiger partial charge in [-0.2, -0.15) is 0 Å². The first-order valence-electron chi connectivity index (χ1n) is 2.56. The molecule has 0 spiro atoms. The van der Waals surface area contributed by atoms with E-state index < -0.39 is 0 Å². The Balaban J connectivity index is 3.01. The van der Waals surface area contributed by atoms with Crippen molar-refractivity contribution in [1.82, 2.24) is 9.97 Å². The van der Waals surface area contributed by atoms with Crippen molar-refractivity contribution in [2.24, 2.45) is 0 Å². The Bertz CT molecular complexity index is 209. The average molecular weight is 147 g/mol. The molecule has 0 aliphatic rings. The van der Waals surface area contributed by atoms with E-state index >= 15 is 0 Å². The molecule has 0 aliphatic heterocycles. The summed E-state index contributed by atoms with van der Waals surface area (Å²) >= 11 is 5.54. The molecular weight excluding hydrogens is 140 g/mol. The molecule has 0 saturated carbocycles. The Hall–Kier alpha value is -0.540. The summed E-state index contributed by atoms with van der Waals surface area (Å²) in [5, 5.41) is 8.93. The molecule has 0 amide bonds. The van der Waals surface area contributed by atoms with Crippen LogP contribution in [0.3, 0.4) is 0 Å². The number of aromatic amines is 1. The van der Waals surface area contributed by atoms with Gasteiger partial charge in [0.25, 0.3) is 0 Å². The molecule has 0 fully saturated rings. The van der Waals surface area contributed by atoms with E-state index in [0.29, 0.717) is 10.8 Å². The molecule has 4 heteroatoms. The van der Waals surface area contributed by atoms with Gasteiger partial charge < -0.3 is 10.1 Å². The molecule has 3 nitrogen and oxygen atoms in total. The normalized spacial score (nSPS) is 10.1. The maximum absolute atomic E-state index is 8.58. The van der Waals surface area contributed by atoms with E-state index in [9.17, 15) is 0 Å². The lowest BCUT2D eigenvalue weighted by atomic mass is 10.5. The smallest absolute Gasteiger partial charge is 0.152 e. The van der Waals surface area contributed by atoms with Gasteiger partial charge in [0.15, 0.2) is 5.15 Å². The molecule has 1 heterocycles. The van der Waals surface area contributed by atoms with Crippen LogP contribution in [0.1, 0.15) is 11.5 Å². The van der Waals surface area contributed by atoms with Crippen molar-refractivity contribution in [1.29, 1.82) is 0 Å². The van der Waals surface area contributed by atoms with E-state index in [0.717, 1.165) is 5.82 Å². The predicted molar refractivity (Wildman–Crippen MR) is 34.3 cm³/mol. The third-order valence-corrected chi connectivity index (χ3v) is 1.32. The fourth-order valence-electron chi connectivity index (χ4n) is 0.617. The van der Waals surface area contributed by atoms with Crippen molar-refractivity contribution in [2.45, 2.75) is 13.5 Å². The molecule has 1 aromatic heterocycles. The minimum Gasteiger partial charge on any atom is -0.390 e. The van der Waals surface area contributed by atoms with Crippen LogP contribution in [-0.4, -0.2) is 15.1 Å². The molecule has 1 aromatic rings. The largest absolute Gasteiger partial charge is 0.390 e. The average Bonchev–Trinajstić information content (AvgIpc) is 2.10. The van der Waals surface area contributed by atoms with Crippen LogP contribution < -0.4 is 0 Å². The van der Waals surface area contributed by atoms with Crippen molar-refractivity contribution < 1.29 is 5.11 Å². The number of nitrogens with one attached hydrogen (secondary N) is 1. The SMILES string of the molecule is Cc1nc(Cl)c(CO)[nH]1. The lowest BCUT2D eigenvalue weighted by Gasteiger charge is -1.85. The highest BCUT2D eigenvalue weighted by atomic mass is 35.5. The molecule has 0 atom stereocenters. The molecule has 0 aromatic carbocycles. The second kappa shape index (κ2) is 2.37. The lowest BCUT2D eigenvalue weighted by molar-refractivity contribution is 0.277. The number of hydrogen-bond acceptors (Lipinski definition) is 2. The standard InChI is InChI=1S/C5H7ClN2O/c1-3-7-4(2-9)5(6)8-3/h9H,2H2,1H3,(H,7,8). The van der Waals surface area contributed by atoms with Crippen molar-refractivity contribution in [3.63, 3.8) is 0 Å². The molecule has 9 heavy (non-hydrogen) atoms. The summed E-state index contributed by atoms with van der Waals surface area (Å²) in [4.78, 5) is 6.63. The molecule has 2 N–H and O–H groups in total. The minimum absolute atomic E-state index is 0.0837. The van der Waals surface area contributed by atoms with Crippen molar-refractivity contribution in [2.75, 3.05) is 0 Å². The maximum Gasteiger partial charge on any atom is 0.152 e. The van der Waals surface area contributed by atoms with Crippen LogP contribution in [0.2, 0.25) is 5.15 Å². The predicted octanol–water partition coefficient (Wildman–Crippen LogP) is 0.864. The van der Waals surface area contributed by atoms with Crippen LogP contribution in [0.15, 0.2) is 0 Å². The van der Waals surface area contributed by atoms with E-state index in [4.69, 9.17) is 16.7 Å². The summed E-state index contributed by atoms with van der Waals surface area (Å²) in [6, 6.07) is 0. The first-order valence-corrected chi connectivity index (χ1v) is 2.93. The van der Waals surface area contributed by atoms with Crippen LogP contribution in [0.25, 0.3) is 0 Å². The topological polar surface area (TPSA) is 48.9 Å². The van der Waals surface area contributed by atoms with Crippen molar-refractivity contribution in [3.05, 3.63) is 16.7 Å². The van der Waals surface area contributed by atoms with Gasteiger partial charge in [0.05, 0.1) is 12.3 Å². The third-order valence-electron chi connectivity index (χ3n) is 1.00. The lowest BCUT2D eigenvalue weighted by Crippen LogP contribution is -1.82. The van der Waals surface area contributed by atoms with Gasteiger partial charge in [-0.15, -0.1) is 0 Å². The molecular formula is C5H7ClN2O. The summed E-state index contributed by atoms with van der Waals surface area (Å²) in [5.41, 5.74) is 0.578. The van der Waals surface area contributed by atoms with Crippen LogP contribution in [0.4, 0.5) is 0 Å². The maximum atomic E-state index is 8.58. The van der Waals surface area contributed by atoms with Gasteiger partial charge in [0.2, 0.25) is 0 Å². The summed E-state index contributed by atoms with van der Waals surface area (Å²) in [6.07, 6.45) is 0. The highest BCUT2D eigenvalue weighted by Gasteiger charge is 2.01. The summed E-state index contributed by atoms with van der Waals surface area (Å²) in [5.74, 6) is 0.726. The Kier molecular flexibility index (Phi) is 1.73. The van der Waals surface area contributed by atoms with Crippen molar-refractivity contribution in [3.8, 4) is 0 Å². The number of aromatic nitrogens is 2. The first-order chi connectivity index (χ1) is 4.24. The van der Waals surface area contributed by atoms with Gasteiger partial charge in [-0.25, -0.2) is 4.98 Å². The number of hydrogen-bond donors (Lipinski definition) is 2. The zero-order valence-electron chi connectivity index (χ0n) is 4.98. The third kappa shape index (κ3) is 1.23. The van der Waals surface area contributed by atoms with Gasteiger partial charge in [-0.3, -0.25) is 0 Å².